The lowest BCUT2D eigenvalue weighted by molar-refractivity contribution is -0.368. The number of unbranched alkanes of at least 4 members (excludes halogenated alkanes) is 9. The molecule has 21 nitrogen and oxygen atoms in total. The molecule has 75 heavy (non-hydrogen) atoms. The van der Waals surface area contributed by atoms with Crippen molar-refractivity contribution in [2.75, 3.05) is 26.2 Å². The molecular formula is C54H81N10O11+. The first kappa shape index (κ1) is 59.6. The number of carboxylic acids is 1. The van der Waals surface area contributed by atoms with E-state index in [1.807, 2.05) is 30.3 Å². The molecule has 3 aromatic rings. The maximum Gasteiger partial charge on any atom is 0.355 e. The number of hydrogen-bond donors (Lipinski definition) is 9. The number of carboxylic acid groups (broad SMARTS) is 1. The number of benzene rings is 1. The molecule has 0 unspecified atom stereocenters. The lowest BCUT2D eigenvalue weighted by Crippen LogP contribution is -2.57. The number of rotatable bonds is 35. The van der Waals surface area contributed by atoms with E-state index >= 15 is 0 Å². The van der Waals surface area contributed by atoms with Gasteiger partial charge >= 0.3 is 17.9 Å². The molecule has 2 aliphatic heterocycles. The molecule has 0 bridgehead atoms. The van der Waals surface area contributed by atoms with E-state index in [4.69, 9.17) is 31.7 Å². The summed E-state index contributed by atoms with van der Waals surface area (Å²) in [7, 11) is 0. The number of nitrogens with zero attached hydrogens (tertiary/aromatic N) is 2. The molecule has 2 aromatic heterocycles. The van der Waals surface area contributed by atoms with Gasteiger partial charge in [-0.1, -0.05) is 50.8 Å². The number of hydrogen-bond acceptors (Lipinski definition) is 14. The molecule has 5 atom stereocenters. The third-order valence-corrected chi connectivity index (χ3v) is 14.1. The molecule has 5 rings (SSSR count). The van der Waals surface area contributed by atoms with Gasteiger partial charge in [-0.05, 0) is 134 Å². The van der Waals surface area contributed by atoms with Gasteiger partial charge in [0.2, 0.25) is 29.2 Å². The van der Waals surface area contributed by atoms with Crippen molar-refractivity contribution in [1.29, 1.82) is 0 Å². The number of aromatic nitrogens is 2. The van der Waals surface area contributed by atoms with E-state index in [2.05, 4.69) is 27.0 Å². The van der Waals surface area contributed by atoms with Crippen LogP contribution in [-0.2, 0) is 61.8 Å². The third-order valence-electron chi connectivity index (χ3n) is 14.1. The maximum absolute atomic E-state index is 13.9. The molecule has 1 aromatic carbocycles. The van der Waals surface area contributed by atoms with Crippen molar-refractivity contribution < 1.29 is 53.9 Å². The van der Waals surface area contributed by atoms with E-state index in [-0.39, 0.29) is 68.6 Å². The van der Waals surface area contributed by atoms with Gasteiger partial charge in [-0.15, -0.1) is 0 Å². The SMILES string of the molecule is CC[C@]1(OC(=O)CCCCCCCCC(=O)N[C@@H](CCCCN)C(=O)N[C@@H](CCCCN)C(=O)N[C@@H](CCCCN)C(=O)N[C@@H](CCCC[NH3+])C(=O)O)C(=O)OCc2c1cc1n(c2=O)Cc2cc3ccccc3nc2-1. The Morgan fingerprint density at radius 2 is 1.25 bits per heavy atom. The summed E-state index contributed by atoms with van der Waals surface area (Å²) in [5, 5.41) is 21.7. The number of para-hydroxylation sites is 1. The summed E-state index contributed by atoms with van der Waals surface area (Å²) in [6.45, 7) is 3.56. The molecular weight excluding hydrogens is 965 g/mol. The number of esters is 2. The zero-order valence-corrected chi connectivity index (χ0v) is 43.7. The Hall–Kier alpha value is -6.29. The Balaban J connectivity index is 1.10. The van der Waals surface area contributed by atoms with Gasteiger partial charge in [0.1, 0.15) is 30.8 Å². The summed E-state index contributed by atoms with van der Waals surface area (Å²) in [6.07, 6.45) is 9.66. The topological polar surface area (TPSA) is 347 Å². The minimum atomic E-state index is -1.78. The minimum absolute atomic E-state index is 0.0473. The Bertz CT molecular complexity index is 2500. The van der Waals surface area contributed by atoms with E-state index < -0.39 is 65.4 Å². The first-order valence-electron chi connectivity index (χ1n) is 27.1. The lowest BCUT2D eigenvalue weighted by atomic mass is 9.85. The highest BCUT2D eigenvalue weighted by atomic mass is 16.6. The van der Waals surface area contributed by atoms with Crippen LogP contribution in [0.2, 0.25) is 0 Å². The molecule has 0 fully saturated rings. The summed E-state index contributed by atoms with van der Waals surface area (Å²) >= 11 is 0. The molecule has 412 valence electrons. The summed E-state index contributed by atoms with van der Waals surface area (Å²) in [5.74, 6) is -4.64. The summed E-state index contributed by atoms with van der Waals surface area (Å²) < 4.78 is 13.1. The van der Waals surface area contributed by atoms with Gasteiger partial charge in [-0.2, -0.15) is 0 Å². The van der Waals surface area contributed by atoms with Crippen molar-refractivity contribution in [3.8, 4) is 11.4 Å². The van der Waals surface area contributed by atoms with Crippen LogP contribution in [0.25, 0.3) is 22.3 Å². The average Bonchev–Trinajstić information content (AvgIpc) is 3.75. The van der Waals surface area contributed by atoms with Crippen molar-refractivity contribution >= 4 is 52.4 Å². The quantitative estimate of drug-likeness (QED) is 0.0236. The van der Waals surface area contributed by atoms with Crippen LogP contribution in [0.5, 0.6) is 0 Å². The smallest absolute Gasteiger partial charge is 0.355 e. The highest BCUT2D eigenvalue weighted by molar-refractivity contribution is 5.95. The van der Waals surface area contributed by atoms with E-state index in [9.17, 15) is 43.5 Å². The Morgan fingerprint density at radius 1 is 0.720 bits per heavy atom. The summed E-state index contributed by atoms with van der Waals surface area (Å²) in [5.41, 5.74) is 22.4. The van der Waals surface area contributed by atoms with Crippen LogP contribution in [0.1, 0.15) is 158 Å². The summed E-state index contributed by atoms with van der Waals surface area (Å²) in [6, 6.07) is 7.19. The lowest BCUT2D eigenvalue weighted by Gasteiger charge is -2.35. The Labute approximate surface area is 438 Å². The fraction of sp³-hybridized carbons (Fsp3) is 0.611. The molecule has 0 spiro atoms. The number of ether oxygens (including phenoxy) is 2. The molecule has 14 N–H and O–H groups in total. The minimum Gasteiger partial charge on any atom is -0.480 e. The third kappa shape index (κ3) is 16.6. The Kier molecular flexibility index (Phi) is 24.1. The first-order chi connectivity index (χ1) is 36.2. The highest BCUT2D eigenvalue weighted by Gasteiger charge is 2.50. The van der Waals surface area contributed by atoms with Crippen molar-refractivity contribution in [2.24, 2.45) is 17.2 Å². The molecule has 21 heteroatoms. The van der Waals surface area contributed by atoms with Crippen LogP contribution >= 0.6 is 0 Å². The molecule has 4 heterocycles. The van der Waals surface area contributed by atoms with Crippen LogP contribution in [-0.4, -0.2) is 107 Å². The molecule has 0 saturated carbocycles. The van der Waals surface area contributed by atoms with Gasteiger partial charge in [-0.25, -0.2) is 14.6 Å². The number of carbonyl (C=O) groups excluding carboxylic acids is 6. The molecule has 4 amide bonds. The number of amides is 4. The largest absolute Gasteiger partial charge is 0.480 e. The van der Waals surface area contributed by atoms with Gasteiger partial charge in [0.15, 0.2) is 0 Å². The van der Waals surface area contributed by atoms with Crippen LogP contribution in [0.3, 0.4) is 0 Å². The maximum atomic E-state index is 13.9. The van der Waals surface area contributed by atoms with Gasteiger partial charge in [0, 0.05) is 29.4 Å². The van der Waals surface area contributed by atoms with Gasteiger partial charge in [0.05, 0.1) is 35.6 Å². The number of aliphatic carboxylic acids is 1. The zero-order valence-electron chi connectivity index (χ0n) is 43.7. The van der Waals surface area contributed by atoms with Crippen molar-refractivity contribution in [1.82, 2.24) is 30.8 Å². The number of fused-ring (bicyclic) bond motifs is 5. The number of nitrogens with two attached hydrogens (primary N) is 3. The van der Waals surface area contributed by atoms with Gasteiger partial charge in [-0.3, -0.25) is 28.8 Å². The second-order valence-electron chi connectivity index (χ2n) is 19.7. The fourth-order valence-electron chi connectivity index (χ4n) is 9.74. The number of nitrogens with one attached hydrogen (secondary N) is 4. The van der Waals surface area contributed by atoms with E-state index in [1.165, 1.54) is 0 Å². The standard InChI is InChI=1S/C54H80N10O11/c1-2-54(38-32-44-47-36(31-35-19-9-10-20-39(35)60-47)33-64(44)51(70)37(38)34-74-53(54)73)75-46(66)26-8-6-4-3-5-7-25-45(65)59-40(21-11-15-27-55)48(67)61-41(22-12-16-28-56)49(68)62-42(23-13-17-29-57)50(69)63-43(52(71)72)24-14-18-30-58/h9-10,19-20,31-32,40-43H,2-8,11-18,21-30,33-34,55-58H2,1H3,(H,59,65)(H,61,67)(H,62,68)(H,63,69)(H,71,72)/p+1/t40-,41-,42-,43-,54+/m0/s1. The summed E-state index contributed by atoms with van der Waals surface area (Å²) in [4.78, 5) is 112. The van der Waals surface area contributed by atoms with Crippen LogP contribution in [0.15, 0.2) is 41.2 Å². The average molecular weight is 1050 g/mol. The fourth-order valence-corrected chi connectivity index (χ4v) is 9.74. The second kappa shape index (κ2) is 30.3. The number of quaternary nitrogens is 1. The van der Waals surface area contributed by atoms with E-state index in [1.54, 1.807) is 17.6 Å². The Morgan fingerprint density at radius 3 is 1.83 bits per heavy atom. The van der Waals surface area contributed by atoms with Gasteiger partial charge < -0.3 is 63.3 Å². The van der Waals surface area contributed by atoms with Crippen molar-refractivity contribution in [2.45, 2.75) is 185 Å². The van der Waals surface area contributed by atoms with Gasteiger partial charge in [0.25, 0.3) is 5.56 Å². The van der Waals surface area contributed by atoms with Crippen LogP contribution < -0.4 is 49.8 Å². The predicted octanol–water partition coefficient (Wildman–Crippen LogP) is 2.57. The predicted molar refractivity (Wildman–Crippen MR) is 281 cm³/mol. The van der Waals surface area contributed by atoms with Crippen molar-refractivity contribution in [3.63, 3.8) is 0 Å². The first-order valence-corrected chi connectivity index (χ1v) is 27.1. The van der Waals surface area contributed by atoms with E-state index in [0.29, 0.717) is 127 Å². The number of pyridine rings is 2. The van der Waals surface area contributed by atoms with Crippen molar-refractivity contribution in [3.05, 3.63) is 63.4 Å². The monoisotopic (exact) mass is 1050 g/mol. The second-order valence-corrected chi connectivity index (χ2v) is 19.7. The highest BCUT2D eigenvalue weighted by Crippen LogP contribution is 2.41. The zero-order chi connectivity index (χ0) is 54.3. The molecule has 0 radical (unpaired) electrons. The molecule has 0 aliphatic carbocycles. The van der Waals surface area contributed by atoms with Crippen LogP contribution in [0, 0.1) is 0 Å². The molecule has 0 saturated heterocycles. The number of carbonyl (C=O) groups is 7. The molecule has 2 aliphatic rings. The normalized spacial score (nSPS) is 16.1. The number of cyclic esters (lactones) is 1. The van der Waals surface area contributed by atoms with Crippen LogP contribution in [0.4, 0.5) is 0 Å². The van der Waals surface area contributed by atoms with E-state index in [0.717, 1.165) is 29.3 Å².